The van der Waals surface area contributed by atoms with Crippen LogP contribution in [-0.2, 0) is 24.4 Å². The Kier molecular flexibility index (Phi) is 9.04. The molecule has 5 atom stereocenters. The zero-order valence-electron chi connectivity index (χ0n) is 28.6. The van der Waals surface area contributed by atoms with Crippen LogP contribution in [0.2, 0.25) is 0 Å². The van der Waals surface area contributed by atoms with Gasteiger partial charge in [-0.05, 0) is 69.9 Å². The molecular weight excluding hydrogens is 659 g/mol. The second kappa shape index (κ2) is 13.3. The third kappa shape index (κ3) is 6.67. The second-order valence-electron chi connectivity index (χ2n) is 14.1. The molecule has 50 heavy (non-hydrogen) atoms. The number of hydrogen-bond acceptors (Lipinski definition) is 9. The number of aryl methyl sites for hydroxylation is 1. The fourth-order valence-electron chi connectivity index (χ4n) is 7.31. The number of ether oxygens (including phenoxy) is 2. The van der Waals surface area contributed by atoms with Crippen LogP contribution in [-0.4, -0.2) is 78.6 Å². The van der Waals surface area contributed by atoms with E-state index >= 15 is 0 Å². The zero-order valence-corrected chi connectivity index (χ0v) is 29.4. The third-order valence-electron chi connectivity index (χ3n) is 10.5. The van der Waals surface area contributed by atoms with E-state index in [1.807, 2.05) is 61.5 Å². The number of nitrogens with zero attached hydrogens (tertiary/aromatic N) is 3. The molecule has 2 N–H and O–H groups in total. The Hall–Kier alpha value is -4.52. The summed E-state index contributed by atoms with van der Waals surface area (Å²) in [4.78, 5) is 53.1. The van der Waals surface area contributed by atoms with E-state index in [1.54, 1.807) is 19.1 Å². The zero-order chi connectivity index (χ0) is 35.2. The number of benzene rings is 2. The minimum absolute atomic E-state index is 0.163. The SMILES string of the molecule is COc1cc2nc(-c3ccccc3)nc(O[C@@H]3C[C@H]4C(=O)N[C@]5(C(=O)NS(=O)(=O)C6CC6)C[C@H]5/C=C\CCCCN(C)C(=O)[C@@H]4C3)c2cc1C. The molecule has 2 heterocycles. The van der Waals surface area contributed by atoms with Crippen LogP contribution in [0, 0.1) is 24.7 Å². The van der Waals surface area contributed by atoms with Gasteiger partial charge in [-0.3, -0.25) is 19.1 Å². The van der Waals surface area contributed by atoms with Crippen LogP contribution >= 0.6 is 0 Å². The number of sulfonamides is 1. The number of allylic oxidation sites excluding steroid dienone is 1. The highest BCUT2D eigenvalue weighted by atomic mass is 32.2. The highest BCUT2D eigenvalue weighted by Crippen LogP contribution is 2.47. The standard InChI is InChI=1S/C37H43N5O7S/c1-22-17-29-30(20-31(22)48-3)38-32(23-11-7-6-8-12-23)39-34(29)49-25-18-27-28(19-25)35(44)42(2)16-10-5-4-9-13-24-21-37(24,40-33(27)43)36(45)41-50(46,47)26-14-15-26/h6-9,11-13,17,20,24-28H,4-5,10,14-16,18-19,21H2,1-3H3,(H,40,43)(H,41,45)/b13-9-/t24-,25-,27-,28-,37-/m1/s1. The number of amides is 3. The summed E-state index contributed by atoms with van der Waals surface area (Å²) in [7, 11) is -0.471. The van der Waals surface area contributed by atoms with E-state index in [9.17, 15) is 22.8 Å². The number of aromatic nitrogens is 2. The lowest BCUT2D eigenvalue weighted by Crippen LogP contribution is -2.54. The molecule has 3 saturated carbocycles. The van der Waals surface area contributed by atoms with Gasteiger partial charge >= 0.3 is 0 Å². The largest absolute Gasteiger partial charge is 0.496 e. The Morgan fingerprint density at radius 1 is 1.06 bits per heavy atom. The average Bonchev–Trinajstić information content (AvgIpc) is 4.03. The molecule has 7 rings (SSSR count). The lowest BCUT2D eigenvalue weighted by molar-refractivity contribution is -0.140. The average molecular weight is 702 g/mol. The number of fused-ring (bicyclic) bond motifs is 3. The van der Waals surface area contributed by atoms with Crippen LogP contribution in [0.15, 0.2) is 54.6 Å². The van der Waals surface area contributed by atoms with Crippen molar-refractivity contribution in [2.45, 2.75) is 75.2 Å². The van der Waals surface area contributed by atoms with Crippen LogP contribution < -0.4 is 19.5 Å². The Morgan fingerprint density at radius 3 is 2.56 bits per heavy atom. The van der Waals surface area contributed by atoms with Gasteiger partial charge in [-0.25, -0.2) is 13.4 Å². The smallest absolute Gasteiger partial charge is 0.259 e. The van der Waals surface area contributed by atoms with Gasteiger partial charge in [-0.15, -0.1) is 0 Å². The van der Waals surface area contributed by atoms with E-state index in [4.69, 9.17) is 19.4 Å². The van der Waals surface area contributed by atoms with Crippen LogP contribution in [0.1, 0.15) is 56.9 Å². The summed E-state index contributed by atoms with van der Waals surface area (Å²) < 4.78 is 39.9. The highest BCUT2D eigenvalue weighted by molar-refractivity contribution is 7.91. The van der Waals surface area contributed by atoms with Crippen LogP contribution in [0.4, 0.5) is 0 Å². The topological polar surface area (TPSA) is 157 Å². The van der Waals surface area contributed by atoms with Crippen molar-refractivity contribution in [2.24, 2.45) is 17.8 Å². The molecule has 3 aliphatic carbocycles. The first-order valence-electron chi connectivity index (χ1n) is 17.4. The van der Waals surface area contributed by atoms with Crippen molar-refractivity contribution in [1.29, 1.82) is 0 Å². The van der Waals surface area contributed by atoms with Gasteiger partial charge in [0, 0.05) is 31.1 Å². The van der Waals surface area contributed by atoms with Crippen molar-refractivity contribution in [3.63, 3.8) is 0 Å². The number of hydrogen-bond donors (Lipinski definition) is 2. The Bertz CT molecular complexity index is 1970. The molecule has 1 aromatic heterocycles. The summed E-state index contributed by atoms with van der Waals surface area (Å²) in [6.07, 6.45) is 7.47. The van der Waals surface area contributed by atoms with E-state index in [0.29, 0.717) is 47.7 Å². The molecule has 3 amide bonds. The number of carbonyl (C=O) groups is 3. The summed E-state index contributed by atoms with van der Waals surface area (Å²) in [5.74, 6) is -1.74. The molecule has 4 aliphatic rings. The van der Waals surface area contributed by atoms with Crippen LogP contribution in [0.3, 0.4) is 0 Å². The molecule has 0 unspecified atom stereocenters. The molecule has 0 saturated heterocycles. The van der Waals surface area contributed by atoms with Gasteiger partial charge in [0.15, 0.2) is 5.82 Å². The molecule has 12 nitrogen and oxygen atoms in total. The summed E-state index contributed by atoms with van der Waals surface area (Å²) in [6.45, 7) is 2.48. The molecular formula is C37H43N5O7S. The van der Waals surface area contributed by atoms with Gasteiger partial charge in [-0.1, -0.05) is 42.5 Å². The van der Waals surface area contributed by atoms with Gasteiger partial charge < -0.3 is 19.7 Å². The second-order valence-corrected chi connectivity index (χ2v) is 16.1. The maximum atomic E-state index is 14.2. The number of methoxy groups -OCH3 is 1. The first-order valence-corrected chi connectivity index (χ1v) is 18.9. The van der Waals surface area contributed by atoms with Gasteiger partial charge in [0.25, 0.3) is 5.91 Å². The first kappa shape index (κ1) is 34.0. The van der Waals surface area contributed by atoms with E-state index < -0.39 is 50.6 Å². The fraction of sp³-hybridized carbons (Fsp3) is 0.486. The van der Waals surface area contributed by atoms with Gasteiger partial charge in [-0.2, -0.15) is 4.98 Å². The van der Waals surface area contributed by atoms with Crippen molar-refractivity contribution in [3.05, 3.63) is 60.2 Å². The maximum absolute atomic E-state index is 14.2. The molecule has 2 aromatic carbocycles. The quantitative estimate of drug-likeness (QED) is 0.347. The highest BCUT2D eigenvalue weighted by Gasteiger charge is 2.62. The predicted octanol–water partition coefficient (Wildman–Crippen LogP) is 4.07. The van der Waals surface area contributed by atoms with E-state index in [1.165, 1.54) is 0 Å². The number of rotatable bonds is 7. The number of nitrogens with one attached hydrogen (secondary N) is 2. The number of carbonyl (C=O) groups excluding carboxylic acids is 3. The normalized spacial score (nSPS) is 27.8. The minimum atomic E-state index is -3.83. The molecule has 0 spiro atoms. The third-order valence-corrected chi connectivity index (χ3v) is 12.3. The predicted molar refractivity (Wildman–Crippen MR) is 187 cm³/mol. The van der Waals surface area contributed by atoms with E-state index in [-0.39, 0.29) is 31.1 Å². The van der Waals surface area contributed by atoms with Gasteiger partial charge in [0.05, 0.1) is 35.1 Å². The molecule has 0 radical (unpaired) electrons. The van der Waals surface area contributed by atoms with Crippen LogP contribution in [0.25, 0.3) is 22.3 Å². The lowest BCUT2D eigenvalue weighted by Gasteiger charge is -2.26. The Labute approximate surface area is 292 Å². The van der Waals surface area contributed by atoms with E-state index in [0.717, 1.165) is 30.4 Å². The van der Waals surface area contributed by atoms with Crippen molar-refractivity contribution < 1.29 is 32.3 Å². The van der Waals surface area contributed by atoms with Crippen molar-refractivity contribution in [3.8, 4) is 23.0 Å². The Balaban J connectivity index is 1.21. The minimum Gasteiger partial charge on any atom is -0.496 e. The van der Waals surface area contributed by atoms with Gasteiger partial charge in [0.1, 0.15) is 17.4 Å². The van der Waals surface area contributed by atoms with Crippen molar-refractivity contribution >= 4 is 38.6 Å². The molecule has 3 aromatic rings. The van der Waals surface area contributed by atoms with Crippen molar-refractivity contribution in [1.82, 2.24) is 24.9 Å². The molecule has 1 aliphatic heterocycles. The molecule has 13 heteroatoms. The summed E-state index contributed by atoms with van der Waals surface area (Å²) in [5.41, 5.74) is 0.900. The summed E-state index contributed by atoms with van der Waals surface area (Å²) in [5, 5.41) is 3.03. The maximum Gasteiger partial charge on any atom is 0.259 e. The van der Waals surface area contributed by atoms with Crippen molar-refractivity contribution in [2.75, 3.05) is 20.7 Å². The summed E-state index contributed by atoms with van der Waals surface area (Å²) >= 11 is 0. The van der Waals surface area contributed by atoms with Gasteiger partial charge in [0.2, 0.25) is 27.7 Å². The first-order chi connectivity index (χ1) is 24.0. The van der Waals surface area contributed by atoms with E-state index in [2.05, 4.69) is 10.0 Å². The molecule has 0 bridgehead atoms. The molecule has 264 valence electrons. The monoisotopic (exact) mass is 701 g/mol. The lowest BCUT2D eigenvalue weighted by atomic mass is 9.93. The van der Waals surface area contributed by atoms with Crippen LogP contribution in [0.5, 0.6) is 11.6 Å². The fourth-order valence-corrected chi connectivity index (χ4v) is 8.68. The Morgan fingerprint density at radius 2 is 1.82 bits per heavy atom. The molecule has 3 fully saturated rings. The summed E-state index contributed by atoms with van der Waals surface area (Å²) in [6, 6.07) is 13.3.